The zero-order valence-corrected chi connectivity index (χ0v) is 17.3. The minimum atomic E-state index is -3.69. The van der Waals surface area contributed by atoms with Gasteiger partial charge in [0.15, 0.2) is 11.4 Å². The highest BCUT2D eigenvalue weighted by Gasteiger charge is 2.17. The summed E-state index contributed by atoms with van der Waals surface area (Å²) in [6.45, 7) is 0. The van der Waals surface area contributed by atoms with Crippen LogP contribution in [0, 0.1) is 0 Å². The van der Waals surface area contributed by atoms with Gasteiger partial charge in [-0.05, 0) is 48.5 Å². The van der Waals surface area contributed by atoms with E-state index in [1.807, 2.05) is 0 Å². The van der Waals surface area contributed by atoms with Crippen molar-refractivity contribution in [3.63, 3.8) is 0 Å². The van der Waals surface area contributed by atoms with Gasteiger partial charge in [-0.2, -0.15) is 5.10 Å². The number of hydrogen-bond acceptors (Lipinski definition) is 8. The maximum absolute atomic E-state index is 12.6. The zero-order chi connectivity index (χ0) is 22.0. The third kappa shape index (κ3) is 4.27. The van der Waals surface area contributed by atoms with Crippen LogP contribution in [-0.2, 0) is 15.8 Å². The number of aromatic nitrogens is 5. The number of para-hydroxylation sites is 1. The first kappa shape index (κ1) is 19.7. The van der Waals surface area contributed by atoms with E-state index in [0.717, 1.165) is 0 Å². The summed E-state index contributed by atoms with van der Waals surface area (Å²) < 4.78 is 40.1. The van der Waals surface area contributed by atoms with Crippen LogP contribution in [0.3, 0.4) is 0 Å². The number of nitrogens with zero attached hydrogens (tertiary/aromatic N) is 5. The minimum Gasteiger partial charge on any atom is -0.438 e. The Morgan fingerprint density at radius 2 is 1.81 bits per heavy atom. The normalized spacial score (nSPS) is 11.5. The Labute approximate surface area is 182 Å². The predicted molar refractivity (Wildman–Crippen MR) is 116 cm³/mol. The predicted octanol–water partition coefficient (Wildman–Crippen LogP) is 3.54. The molecule has 0 aliphatic carbocycles. The molecule has 1 N–H and O–H groups in total. The molecule has 0 aliphatic rings. The van der Waals surface area contributed by atoms with Gasteiger partial charge >= 0.3 is 0 Å². The molecule has 0 spiro atoms. The summed E-state index contributed by atoms with van der Waals surface area (Å²) in [4.78, 5) is 0. The highest BCUT2D eigenvalue weighted by atomic mass is 32.2. The molecule has 10 nitrogen and oxygen atoms in total. The average Bonchev–Trinajstić information content (AvgIpc) is 3.46. The molecule has 0 bridgehead atoms. The lowest BCUT2D eigenvalue weighted by atomic mass is 10.2. The molecule has 160 valence electrons. The van der Waals surface area contributed by atoms with Gasteiger partial charge in [0.1, 0.15) is 17.2 Å². The van der Waals surface area contributed by atoms with Gasteiger partial charge in [0.05, 0.1) is 0 Å². The monoisotopic (exact) mass is 448 g/mol. The van der Waals surface area contributed by atoms with Crippen LogP contribution in [-0.4, -0.2) is 33.6 Å². The van der Waals surface area contributed by atoms with Crippen LogP contribution in [0.2, 0.25) is 0 Å². The Kier molecular flexibility index (Phi) is 5.00. The van der Waals surface area contributed by atoms with Gasteiger partial charge in [0, 0.05) is 29.5 Å². The zero-order valence-electron chi connectivity index (χ0n) is 16.5. The molecular formula is C21H16N6O4S. The van der Waals surface area contributed by atoms with E-state index < -0.39 is 10.0 Å². The third-order valence-corrected chi connectivity index (χ3v) is 5.69. The first-order chi connectivity index (χ1) is 15.6. The van der Waals surface area contributed by atoms with Crippen molar-refractivity contribution in [2.45, 2.75) is 5.75 Å². The number of rotatable bonds is 7. The second-order valence-corrected chi connectivity index (χ2v) is 8.52. The number of anilines is 1. The average molecular weight is 448 g/mol. The van der Waals surface area contributed by atoms with Crippen molar-refractivity contribution in [1.82, 2.24) is 25.1 Å². The number of fused-ring (bicyclic) bond motifs is 1. The molecule has 0 radical (unpaired) electrons. The summed E-state index contributed by atoms with van der Waals surface area (Å²) in [7, 11) is -3.69. The first-order valence-electron chi connectivity index (χ1n) is 9.51. The molecule has 5 aromatic rings. The van der Waals surface area contributed by atoms with Crippen LogP contribution in [0.5, 0.6) is 11.6 Å². The fraction of sp³-hybridized carbons (Fsp3) is 0.0476. The van der Waals surface area contributed by atoms with Gasteiger partial charge < -0.3 is 9.26 Å². The van der Waals surface area contributed by atoms with E-state index in [9.17, 15) is 8.42 Å². The molecule has 0 unspecified atom stereocenters. The van der Waals surface area contributed by atoms with Crippen molar-refractivity contribution in [2.75, 3.05) is 4.72 Å². The number of nitrogens with one attached hydrogen (secondary N) is 1. The van der Waals surface area contributed by atoms with Gasteiger partial charge in [-0.15, -0.1) is 10.2 Å². The Hall–Kier alpha value is -4.25. The second-order valence-electron chi connectivity index (χ2n) is 6.79. The maximum atomic E-state index is 12.6. The van der Waals surface area contributed by atoms with E-state index in [1.165, 1.54) is 0 Å². The molecule has 11 heteroatoms. The summed E-state index contributed by atoms with van der Waals surface area (Å²) in [5, 5.41) is 16.7. The third-order valence-electron chi connectivity index (χ3n) is 4.49. The van der Waals surface area contributed by atoms with Crippen molar-refractivity contribution in [3.8, 4) is 17.4 Å². The van der Waals surface area contributed by atoms with Crippen LogP contribution in [0.15, 0.2) is 83.6 Å². The van der Waals surface area contributed by atoms with E-state index >= 15 is 0 Å². The number of ether oxygens (including phenoxy) is 1. The summed E-state index contributed by atoms with van der Waals surface area (Å²) in [5.74, 6) is 1.04. The molecule has 3 heterocycles. The van der Waals surface area contributed by atoms with Gasteiger partial charge in [0.25, 0.3) is 0 Å². The largest absolute Gasteiger partial charge is 0.438 e. The lowest BCUT2D eigenvalue weighted by molar-refractivity contribution is 0.448. The molecule has 0 fully saturated rings. The van der Waals surface area contributed by atoms with Crippen LogP contribution in [0.1, 0.15) is 5.69 Å². The number of hydrogen-bond donors (Lipinski definition) is 1. The molecule has 0 atom stereocenters. The van der Waals surface area contributed by atoms with E-state index in [-0.39, 0.29) is 5.75 Å². The molecule has 0 saturated carbocycles. The Balaban J connectivity index is 1.24. The second kappa shape index (κ2) is 8.12. The maximum Gasteiger partial charge on any atom is 0.238 e. The van der Waals surface area contributed by atoms with Gasteiger partial charge in [-0.25, -0.2) is 13.1 Å². The molecule has 5 rings (SSSR count). The van der Waals surface area contributed by atoms with Crippen LogP contribution in [0.25, 0.3) is 16.8 Å². The lowest BCUT2D eigenvalue weighted by Crippen LogP contribution is -2.15. The molecule has 0 amide bonds. The van der Waals surface area contributed by atoms with Crippen molar-refractivity contribution < 1.29 is 17.7 Å². The van der Waals surface area contributed by atoms with Crippen LogP contribution in [0.4, 0.5) is 5.69 Å². The standard InChI is InChI=1S/C21H16N6O4S/c28-32(29,14-18-17-4-1-2-5-19(17)31-25-18)26-15-6-8-16(9-7-15)30-21-11-10-20(23-24-21)27-13-3-12-22-27/h1-13,26H,14H2. The van der Waals surface area contributed by atoms with Crippen molar-refractivity contribution >= 4 is 26.7 Å². The number of benzene rings is 2. The van der Waals surface area contributed by atoms with Crippen LogP contribution < -0.4 is 9.46 Å². The fourth-order valence-corrected chi connectivity index (χ4v) is 4.18. The minimum absolute atomic E-state index is 0.298. The molecule has 3 aromatic heterocycles. The number of sulfonamides is 1. The quantitative estimate of drug-likeness (QED) is 0.401. The highest BCUT2D eigenvalue weighted by molar-refractivity contribution is 7.91. The Morgan fingerprint density at radius 3 is 2.56 bits per heavy atom. The first-order valence-corrected chi connectivity index (χ1v) is 11.2. The van der Waals surface area contributed by atoms with Crippen molar-refractivity contribution in [3.05, 3.63) is 84.8 Å². The Bertz CT molecular complexity index is 1450. The summed E-state index contributed by atoms with van der Waals surface area (Å²) in [6, 6.07) is 18.7. The van der Waals surface area contributed by atoms with E-state index in [2.05, 4.69) is 25.2 Å². The highest BCUT2D eigenvalue weighted by Crippen LogP contribution is 2.24. The molecule has 0 saturated heterocycles. The SMILES string of the molecule is O=S(=O)(Cc1noc2ccccc12)Nc1ccc(Oc2ccc(-n3cccn3)nn2)cc1. The van der Waals surface area contributed by atoms with E-state index in [1.54, 1.807) is 83.8 Å². The van der Waals surface area contributed by atoms with E-state index in [0.29, 0.717) is 39.8 Å². The van der Waals surface area contributed by atoms with Gasteiger partial charge in [-0.1, -0.05) is 17.3 Å². The summed E-state index contributed by atoms with van der Waals surface area (Å²) >= 11 is 0. The van der Waals surface area contributed by atoms with Gasteiger partial charge in [-0.3, -0.25) is 4.72 Å². The lowest BCUT2D eigenvalue weighted by Gasteiger charge is -2.09. The molecule has 0 aliphatic heterocycles. The Morgan fingerprint density at radius 1 is 0.969 bits per heavy atom. The van der Waals surface area contributed by atoms with Gasteiger partial charge in [0.2, 0.25) is 15.9 Å². The molecule has 2 aromatic carbocycles. The summed E-state index contributed by atoms with van der Waals surface area (Å²) in [6.07, 6.45) is 3.41. The smallest absolute Gasteiger partial charge is 0.238 e. The molecular weight excluding hydrogens is 432 g/mol. The molecule has 32 heavy (non-hydrogen) atoms. The topological polar surface area (TPSA) is 125 Å². The summed E-state index contributed by atoms with van der Waals surface area (Å²) in [5.41, 5.74) is 1.29. The van der Waals surface area contributed by atoms with Crippen molar-refractivity contribution in [2.24, 2.45) is 0 Å². The van der Waals surface area contributed by atoms with Crippen LogP contribution >= 0.6 is 0 Å². The van der Waals surface area contributed by atoms with Crippen molar-refractivity contribution in [1.29, 1.82) is 0 Å². The fourth-order valence-electron chi connectivity index (χ4n) is 3.04. The van der Waals surface area contributed by atoms with E-state index in [4.69, 9.17) is 9.26 Å².